The van der Waals surface area contributed by atoms with Crippen LogP contribution < -0.4 is 5.32 Å². The van der Waals surface area contributed by atoms with Gasteiger partial charge in [-0.25, -0.2) is 0 Å². The fourth-order valence-electron chi connectivity index (χ4n) is 4.05. The zero-order valence-electron chi connectivity index (χ0n) is 16.8. The molecule has 2 N–H and O–H groups in total. The number of nitrogens with one attached hydrogen (secondary N) is 2. The molecule has 6 nitrogen and oxygen atoms in total. The highest BCUT2D eigenvalue weighted by atomic mass is 127. The fourth-order valence-corrected chi connectivity index (χ4v) is 4.23. The van der Waals surface area contributed by atoms with Crippen molar-refractivity contribution in [3.8, 4) is 0 Å². The summed E-state index contributed by atoms with van der Waals surface area (Å²) in [5.41, 5.74) is 2.36. The molecule has 4 rings (SSSR count). The Morgan fingerprint density at radius 3 is 2.97 bits per heavy atom. The van der Waals surface area contributed by atoms with Crippen LogP contribution in [0.4, 0.5) is 0 Å². The summed E-state index contributed by atoms with van der Waals surface area (Å²) in [6.07, 6.45) is 5.51. The second kappa shape index (κ2) is 10.8. The Morgan fingerprint density at radius 2 is 2.17 bits per heavy atom. The van der Waals surface area contributed by atoms with Crippen molar-refractivity contribution in [2.45, 2.75) is 38.4 Å². The van der Waals surface area contributed by atoms with E-state index in [0.717, 1.165) is 75.2 Å². The van der Waals surface area contributed by atoms with Gasteiger partial charge in [0, 0.05) is 54.9 Å². The molecule has 2 fully saturated rings. The predicted octanol–water partition coefficient (Wildman–Crippen LogP) is 3.83. The predicted molar refractivity (Wildman–Crippen MR) is 129 cm³/mol. The van der Waals surface area contributed by atoms with Crippen LogP contribution in [0.2, 0.25) is 5.02 Å². The number of benzene rings is 1. The molecule has 2 unspecified atom stereocenters. The first-order valence-electron chi connectivity index (χ1n) is 10.3. The third kappa shape index (κ3) is 5.57. The maximum absolute atomic E-state index is 6.16. The van der Waals surface area contributed by atoms with Gasteiger partial charge in [-0.05, 0) is 49.9 Å². The quantitative estimate of drug-likeness (QED) is 0.349. The molecule has 0 saturated carbocycles. The first-order valence-corrected chi connectivity index (χ1v) is 10.6. The molecule has 3 heterocycles. The lowest BCUT2D eigenvalue weighted by molar-refractivity contribution is -0.0817. The first kappa shape index (κ1) is 22.7. The number of hydrogen-bond donors (Lipinski definition) is 2. The van der Waals surface area contributed by atoms with Crippen molar-refractivity contribution in [2.24, 2.45) is 4.99 Å². The van der Waals surface area contributed by atoms with E-state index >= 15 is 0 Å². The number of guanidine groups is 1. The van der Waals surface area contributed by atoms with Crippen molar-refractivity contribution in [3.63, 3.8) is 0 Å². The maximum atomic E-state index is 6.16. The SMILES string of the molecule is CCNC(=NCCc1c[nH]c2ccc(Cl)cc12)N1CCOC(C2CCCO2)C1.I. The number of nitrogens with zero attached hydrogens (tertiary/aromatic N) is 2. The number of rotatable bonds is 5. The number of hydrogen-bond acceptors (Lipinski definition) is 3. The minimum absolute atomic E-state index is 0. The lowest BCUT2D eigenvalue weighted by Crippen LogP contribution is -2.53. The van der Waals surface area contributed by atoms with Crippen LogP contribution in [-0.2, 0) is 15.9 Å². The highest BCUT2D eigenvalue weighted by molar-refractivity contribution is 14.0. The van der Waals surface area contributed by atoms with Gasteiger partial charge in [0.2, 0.25) is 0 Å². The number of ether oxygens (including phenoxy) is 2. The monoisotopic (exact) mass is 532 g/mol. The third-order valence-electron chi connectivity index (χ3n) is 5.48. The summed E-state index contributed by atoms with van der Waals surface area (Å²) in [5.74, 6) is 0.965. The molecule has 0 spiro atoms. The van der Waals surface area contributed by atoms with Crippen LogP contribution in [0.1, 0.15) is 25.3 Å². The van der Waals surface area contributed by atoms with E-state index in [-0.39, 0.29) is 36.2 Å². The van der Waals surface area contributed by atoms with Crippen LogP contribution in [0.5, 0.6) is 0 Å². The zero-order chi connectivity index (χ0) is 19.3. The van der Waals surface area contributed by atoms with Crippen LogP contribution in [0.25, 0.3) is 10.9 Å². The van der Waals surface area contributed by atoms with Gasteiger partial charge in [0.25, 0.3) is 0 Å². The molecule has 0 aliphatic carbocycles. The summed E-state index contributed by atoms with van der Waals surface area (Å²) < 4.78 is 11.8. The summed E-state index contributed by atoms with van der Waals surface area (Å²) in [5, 5.41) is 5.38. The van der Waals surface area contributed by atoms with Crippen molar-refractivity contribution in [1.29, 1.82) is 0 Å². The number of halogens is 2. The molecule has 160 valence electrons. The lowest BCUT2D eigenvalue weighted by atomic mass is 10.1. The van der Waals surface area contributed by atoms with E-state index in [1.54, 1.807) is 0 Å². The topological polar surface area (TPSA) is 61.9 Å². The highest BCUT2D eigenvalue weighted by Crippen LogP contribution is 2.23. The maximum Gasteiger partial charge on any atom is 0.194 e. The summed E-state index contributed by atoms with van der Waals surface area (Å²) in [4.78, 5) is 10.5. The van der Waals surface area contributed by atoms with Crippen LogP contribution in [0.3, 0.4) is 0 Å². The largest absolute Gasteiger partial charge is 0.375 e. The van der Waals surface area contributed by atoms with Gasteiger partial charge < -0.3 is 24.7 Å². The van der Waals surface area contributed by atoms with Gasteiger partial charge in [0.05, 0.1) is 12.7 Å². The number of fused-ring (bicyclic) bond motifs is 1. The molecular weight excluding hydrogens is 503 g/mol. The molecule has 1 aromatic heterocycles. The van der Waals surface area contributed by atoms with Crippen LogP contribution in [0.15, 0.2) is 29.4 Å². The molecule has 0 bridgehead atoms. The van der Waals surface area contributed by atoms with E-state index in [0.29, 0.717) is 0 Å². The van der Waals surface area contributed by atoms with Crippen molar-refractivity contribution >= 4 is 52.4 Å². The number of morpholine rings is 1. The van der Waals surface area contributed by atoms with Crippen molar-refractivity contribution in [3.05, 3.63) is 35.0 Å². The number of H-pyrrole nitrogens is 1. The van der Waals surface area contributed by atoms with E-state index in [2.05, 4.69) is 28.3 Å². The summed E-state index contributed by atoms with van der Waals surface area (Å²) in [6.45, 7) is 6.95. The summed E-state index contributed by atoms with van der Waals surface area (Å²) in [7, 11) is 0. The molecule has 8 heteroatoms. The molecule has 2 aromatic rings. The standard InChI is InChI=1S/C21H29ClN4O2.HI/c1-2-23-21(26-9-11-28-20(14-26)19-4-3-10-27-19)24-8-7-15-13-25-18-6-5-16(22)12-17(15)18;/h5-6,12-13,19-20,25H,2-4,7-11,14H2,1H3,(H,23,24);1H. The molecule has 0 amide bonds. The molecule has 0 radical (unpaired) electrons. The van der Waals surface area contributed by atoms with Crippen LogP contribution >= 0.6 is 35.6 Å². The minimum Gasteiger partial charge on any atom is -0.375 e. The van der Waals surface area contributed by atoms with Gasteiger partial charge in [0.1, 0.15) is 6.10 Å². The summed E-state index contributed by atoms with van der Waals surface area (Å²) in [6, 6.07) is 5.95. The van der Waals surface area contributed by atoms with Gasteiger partial charge >= 0.3 is 0 Å². The zero-order valence-corrected chi connectivity index (χ0v) is 19.9. The van der Waals surface area contributed by atoms with Crippen LogP contribution in [0, 0.1) is 0 Å². The van der Waals surface area contributed by atoms with Crippen LogP contribution in [-0.4, -0.2) is 67.4 Å². The smallest absolute Gasteiger partial charge is 0.194 e. The Hall–Kier alpha value is -1.03. The minimum atomic E-state index is 0. The molecule has 2 atom stereocenters. The van der Waals surface area contributed by atoms with Crippen molar-refractivity contribution in [1.82, 2.24) is 15.2 Å². The molecule has 1 aromatic carbocycles. The Morgan fingerprint density at radius 1 is 1.31 bits per heavy atom. The van der Waals surface area contributed by atoms with Gasteiger partial charge in [-0.2, -0.15) is 0 Å². The second-order valence-corrected chi connectivity index (χ2v) is 7.83. The highest BCUT2D eigenvalue weighted by Gasteiger charge is 2.32. The average Bonchev–Trinajstić information content (AvgIpc) is 3.38. The third-order valence-corrected chi connectivity index (χ3v) is 5.71. The molecule has 2 aliphatic heterocycles. The Balaban J connectivity index is 0.00000240. The van der Waals surface area contributed by atoms with Gasteiger partial charge in [-0.1, -0.05) is 11.6 Å². The fraction of sp³-hybridized carbons (Fsp3) is 0.571. The van der Waals surface area contributed by atoms with Gasteiger partial charge in [-0.15, -0.1) is 24.0 Å². The normalized spacial score (nSPS) is 22.7. The number of aromatic nitrogens is 1. The Bertz CT molecular complexity index is 822. The van der Waals surface area contributed by atoms with Crippen molar-refractivity contribution in [2.75, 3.05) is 39.4 Å². The lowest BCUT2D eigenvalue weighted by Gasteiger charge is -2.37. The van der Waals surface area contributed by atoms with E-state index in [4.69, 9.17) is 26.1 Å². The average molecular weight is 533 g/mol. The van der Waals surface area contributed by atoms with E-state index < -0.39 is 0 Å². The molecular formula is C21H30ClIN4O2. The Labute approximate surface area is 194 Å². The van der Waals surface area contributed by atoms with Gasteiger partial charge in [-0.3, -0.25) is 4.99 Å². The number of aliphatic imine (C=N–C) groups is 1. The molecule has 29 heavy (non-hydrogen) atoms. The molecule has 2 aliphatic rings. The molecule has 2 saturated heterocycles. The van der Waals surface area contributed by atoms with Crippen molar-refractivity contribution < 1.29 is 9.47 Å². The second-order valence-electron chi connectivity index (χ2n) is 7.40. The Kier molecular flexibility index (Phi) is 8.46. The number of aromatic amines is 1. The van der Waals surface area contributed by atoms with E-state index in [9.17, 15) is 0 Å². The van der Waals surface area contributed by atoms with E-state index in [1.807, 2.05) is 18.2 Å². The van der Waals surface area contributed by atoms with Gasteiger partial charge in [0.15, 0.2) is 5.96 Å². The first-order chi connectivity index (χ1) is 13.7. The summed E-state index contributed by atoms with van der Waals surface area (Å²) >= 11 is 6.16. The van der Waals surface area contributed by atoms with E-state index in [1.165, 1.54) is 10.9 Å².